The molecule has 2 aromatic carbocycles. The number of aromatic nitrogens is 1. The highest BCUT2D eigenvalue weighted by molar-refractivity contribution is 7.15. The molecule has 3 rings (SSSR count). The van der Waals surface area contributed by atoms with Crippen molar-refractivity contribution in [2.45, 2.75) is 13.8 Å². The maximum absolute atomic E-state index is 11.8. The fourth-order valence-corrected chi connectivity index (χ4v) is 3.66. The molecule has 23 heavy (non-hydrogen) atoms. The van der Waals surface area contributed by atoms with Crippen molar-refractivity contribution >= 4 is 28.1 Å². The van der Waals surface area contributed by atoms with Crippen molar-refractivity contribution in [3.05, 3.63) is 52.2 Å². The highest BCUT2D eigenvalue weighted by Gasteiger charge is 2.17. The van der Waals surface area contributed by atoms with Crippen LogP contribution in [0.3, 0.4) is 0 Å². The lowest BCUT2D eigenvalue weighted by Crippen LogP contribution is -2.01. The van der Waals surface area contributed by atoms with Crippen molar-refractivity contribution in [1.29, 1.82) is 5.26 Å². The van der Waals surface area contributed by atoms with Crippen molar-refractivity contribution in [3.63, 3.8) is 0 Å². The van der Waals surface area contributed by atoms with Crippen LogP contribution in [-0.2, 0) is 4.74 Å². The van der Waals surface area contributed by atoms with E-state index in [-0.39, 0.29) is 0 Å². The Morgan fingerprint density at radius 2 is 2.00 bits per heavy atom. The van der Waals surface area contributed by atoms with E-state index in [1.54, 1.807) is 23.5 Å². The van der Waals surface area contributed by atoms with E-state index in [2.05, 4.69) is 11.1 Å². The van der Waals surface area contributed by atoms with Gasteiger partial charge < -0.3 is 4.74 Å². The van der Waals surface area contributed by atoms with Crippen LogP contribution in [0, 0.1) is 25.2 Å². The molecule has 0 aliphatic rings. The molecule has 0 bridgehead atoms. The van der Waals surface area contributed by atoms with Gasteiger partial charge in [-0.2, -0.15) is 5.26 Å². The van der Waals surface area contributed by atoms with Gasteiger partial charge in [-0.15, -0.1) is 11.3 Å². The van der Waals surface area contributed by atoms with Gasteiger partial charge in [-0.1, -0.05) is 12.1 Å². The fourth-order valence-electron chi connectivity index (χ4n) is 2.67. The van der Waals surface area contributed by atoms with Crippen molar-refractivity contribution < 1.29 is 9.53 Å². The molecule has 1 aromatic heterocycles. The molecule has 0 saturated carbocycles. The summed E-state index contributed by atoms with van der Waals surface area (Å²) in [6, 6.07) is 11.3. The van der Waals surface area contributed by atoms with Gasteiger partial charge in [0.2, 0.25) is 0 Å². The number of fused-ring (bicyclic) bond motifs is 1. The largest absolute Gasteiger partial charge is 0.465 e. The van der Waals surface area contributed by atoms with Crippen LogP contribution in [0.1, 0.15) is 26.6 Å². The number of esters is 1. The van der Waals surface area contributed by atoms with Crippen molar-refractivity contribution in [2.24, 2.45) is 0 Å². The normalized spacial score (nSPS) is 10.5. The molecular formula is C18H14N2O2S. The molecule has 1 heterocycles. The second-order valence-electron chi connectivity index (χ2n) is 5.17. The minimum Gasteiger partial charge on any atom is -0.465 e. The summed E-state index contributed by atoms with van der Waals surface area (Å²) < 4.78 is 4.80. The molecule has 114 valence electrons. The summed E-state index contributed by atoms with van der Waals surface area (Å²) in [5.41, 5.74) is 2.76. The molecule has 0 N–H and O–H groups in total. The van der Waals surface area contributed by atoms with Crippen LogP contribution in [0.4, 0.5) is 0 Å². The van der Waals surface area contributed by atoms with Crippen LogP contribution in [0.5, 0.6) is 0 Å². The average molecular weight is 322 g/mol. The first kappa shape index (κ1) is 15.2. The Morgan fingerprint density at radius 3 is 2.61 bits per heavy atom. The SMILES string of the molecule is COC(=O)c1ccc2ccc(C#N)c(-c3sc(C)nc3C)c2c1. The number of nitriles is 1. The van der Waals surface area contributed by atoms with Gasteiger partial charge in [0.1, 0.15) is 0 Å². The van der Waals surface area contributed by atoms with Crippen LogP contribution in [0.15, 0.2) is 30.3 Å². The van der Waals surface area contributed by atoms with Gasteiger partial charge in [0.05, 0.1) is 39.9 Å². The molecule has 0 unspecified atom stereocenters. The Bertz CT molecular complexity index is 967. The Kier molecular flexibility index (Phi) is 3.85. The number of carbonyl (C=O) groups is 1. The first-order chi connectivity index (χ1) is 11.0. The number of nitrogens with zero attached hydrogens (tertiary/aromatic N) is 2. The molecule has 5 heteroatoms. The maximum atomic E-state index is 11.8. The number of hydrogen-bond donors (Lipinski definition) is 0. The predicted octanol–water partition coefficient (Wildman–Crippen LogP) is 4.24. The molecule has 0 saturated heterocycles. The summed E-state index contributed by atoms with van der Waals surface area (Å²) in [7, 11) is 1.36. The number of ether oxygens (including phenoxy) is 1. The second-order valence-corrected chi connectivity index (χ2v) is 6.38. The van der Waals surface area contributed by atoms with Gasteiger partial charge in [-0.05, 0) is 42.8 Å². The zero-order valence-corrected chi connectivity index (χ0v) is 13.8. The van der Waals surface area contributed by atoms with Crippen LogP contribution in [0.2, 0.25) is 0 Å². The molecule has 0 amide bonds. The van der Waals surface area contributed by atoms with E-state index in [4.69, 9.17) is 4.74 Å². The number of aryl methyl sites for hydroxylation is 2. The minimum atomic E-state index is -0.391. The molecule has 0 spiro atoms. The van der Waals surface area contributed by atoms with E-state index in [1.807, 2.05) is 32.0 Å². The van der Waals surface area contributed by atoms with Gasteiger partial charge in [-0.25, -0.2) is 9.78 Å². The molecule has 4 nitrogen and oxygen atoms in total. The first-order valence-corrected chi connectivity index (χ1v) is 7.86. The van der Waals surface area contributed by atoms with Crippen LogP contribution in [-0.4, -0.2) is 18.1 Å². The van der Waals surface area contributed by atoms with E-state index < -0.39 is 5.97 Å². The third kappa shape index (κ3) is 2.58. The zero-order valence-electron chi connectivity index (χ0n) is 13.0. The van der Waals surface area contributed by atoms with E-state index in [1.165, 1.54) is 7.11 Å². The van der Waals surface area contributed by atoms with Crippen molar-refractivity contribution in [2.75, 3.05) is 7.11 Å². The summed E-state index contributed by atoms with van der Waals surface area (Å²) in [4.78, 5) is 17.3. The lowest BCUT2D eigenvalue weighted by Gasteiger charge is -2.09. The third-order valence-corrected chi connectivity index (χ3v) is 4.78. The smallest absolute Gasteiger partial charge is 0.337 e. The van der Waals surface area contributed by atoms with Gasteiger partial charge in [0.25, 0.3) is 0 Å². The molecule has 0 aliphatic carbocycles. The van der Waals surface area contributed by atoms with Crippen LogP contribution in [0.25, 0.3) is 21.2 Å². The summed E-state index contributed by atoms with van der Waals surface area (Å²) in [6.45, 7) is 3.88. The molecule has 3 aromatic rings. The average Bonchev–Trinajstić information content (AvgIpc) is 2.90. The third-order valence-electron chi connectivity index (χ3n) is 3.69. The van der Waals surface area contributed by atoms with E-state index >= 15 is 0 Å². The summed E-state index contributed by atoms with van der Waals surface area (Å²) in [6.07, 6.45) is 0. The number of thiazole rings is 1. The Morgan fingerprint density at radius 1 is 1.26 bits per heavy atom. The predicted molar refractivity (Wildman–Crippen MR) is 90.6 cm³/mol. The summed E-state index contributed by atoms with van der Waals surface area (Å²) in [5.74, 6) is -0.391. The Hall–Kier alpha value is -2.71. The number of carbonyl (C=O) groups excluding carboxylic acids is 1. The molecule has 0 aliphatic heterocycles. The molecule has 0 fully saturated rings. The summed E-state index contributed by atoms with van der Waals surface area (Å²) >= 11 is 1.55. The molecule has 0 atom stereocenters. The standard InChI is InChI=1S/C18H14N2O2S/c1-10-17(23-11(2)20-10)16-14(9-19)7-5-12-4-6-13(8-15(12)16)18(21)22-3/h4-8H,1-3H3. The topological polar surface area (TPSA) is 63.0 Å². The van der Waals surface area contributed by atoms with Gasteiger partial charge >= 0.3 is 5.97 Å². The van der Waals surface area contributed by atoms with Gasteiger partial charge in [0.15, 0.2) is 0 Å². The van der Waals surface area contributed by atoms with Crippen molar-refractivity contribution in [1.82, 2.24) is 4.98 Å². The second kappa shape index (κ2) is 5.82. The first-order valence-electron chi connectivity index (χ1n) is 7.04. The Balaban J connectivity index is 2.39. The fraction of sp³-hybridized carbons (Fsp3) is 0.167. The summed E-state index contributed by atoms with van der Waals surface area (Å²) in [5, 5.41) is 12.3. The zero-order chi connectivity index (χ0) is 16.6. The number of benzene rings is 2. The lowest BCUT2D eigenvalue weighted by molar-refractivity contribution is 0.0601. The van der Waals surface area contributed by atoms with Gasteiger partial charge in [-0.3, -0.25) is 0 Å². The van der Waals surface area contributed by atoms with E-state index in [9.17, 15) is 10.1 Å². The number of hydrogen-bond acceptors (Lipinski definition) is 5. The van der Waals surface area contributed by atoms with Gasteiger partial charge in [0, 0.05) is 5.56 Å². The van der Waals surface area contributed by atoms with E-state index in [0.29, 0.717) is 11.1 Å². The number of rotatable bonds is 2. The minimum absolute atomic E-state index is 0.391. The quantitative estimate of drug-likeness (QED) is 0.662. The number of methoxy groups -OCH3 is 1. The van der Waals surface area contributed by atoms with Crippen molar-refractivity contribution in [3.8, 4) is 16.5 Å². The highest BCUT2D eigenvalue weighted by atomic mass is 32.1. The van der Waals surface area contributed by atoms with Crippen LogP contribution < -0.4 is 0 Å². The Labute approximate surface area is 138 Å². The monoisotopic (exact) mass is 322 g/mol. The highest BCUT2D eigenvalue weighted by Crippen LogP contribution is 2.38. The van der Waals surface area contributed by atoms with Crippen LogP contribution >= 0.6 is 11.3 Å². The van der Waals surface area contributed by atoms with E-state index in [0.717, 1.165) is 31.9 Å². The molecule has 0 radical (unpaired) electrons. The molecular weight excluding hydrogens is 308 g/mol. The lowest BCUT2D eigenvalue weighted by atomic mass is 9.96. The maximum Gasteiger partial charge on any atom is 0.337 e.